The number of carbonyl (C=O) groups is 1. The van der Waals surface area contributed by atoms with E-state index in [2.05, 4.69) is 24.5 Å². The minimum atomic E-state index is -0.268. The number of benzene rings is 2. The van der Waals surface area contributed by atoms with Crippen molar-refractivity contribution in [1.82, 2.24) is 14.9 Å². The molecule has 3 aromatic rings. The van der Waals surface area contributed by atoms with Crippen LogP contribution in [0.15, 0.2) is 36.4 Å². The summed E-state index contributed by atoms with van der Waals surface area (Å²) in [7, 11) is 0. The number of nitrogens with one attached hydrogen (secondary N) is 2. The van der Waals surface area contributed by atoms with Crippen molar-refractivity contribution >= 4 is 47.4 Å². The second-order valence-corrected chi connectivity index (χ2v) is 7.70. The van der Waals surface area contributed by atoms with Crippen LogP contribution in [0, 0.1) is 12.7 Å². The van der Waals surface area contributed by atoms with Crippen molar-refractivity contribution in [3.63, 3.8) is 0 Å². The third kappa shape index (κ3) is 4.61. The fraction of sp³-hybridized carbons (Fsp3) is 0.364. The molecule has 1 aromatic heterocycles. The summed E-state index contributed by atoms with van der Waals surface area (Å²) in [5, 5.41) is 6.24. The summed E-state index contributed by atoms with van der Waals surface area (Å²) < 4.78 is 15.8. The van der Waals surface area contributed by atoms with Crippen LogP contribution in [0.5, 0.6) is 0 Å². The molecule has 0 bridgehead atoms. The lowest BCUT2D eigenvalue weighted by Crippen LogP contribution is -2.35. The molecule has 0 aliphatic carbocycles. The molecule has 0 radical (unpaired) electrons. The molecule has 1 amide bonds. The Morgan fingerprint density at radius 3 is 2.63 bits per heavy atom. The lowest BCUT2D eigenvalue weighted by molar-refractivity contribution is -0.117. The van der Waals surface area contributed by atoms with Gasteiger partial charge in [0.25, 0.3) is 0 Å². The fourth-order valence-corrected chi connectivity index (χ4v) is 3.86. The number of imidazole rings is 1. The van der Waals surface area contributed by atoms with Gasteiger partial charge in [-0.1, -0.05) is 0 Å². The van der Waals surface area contributed by atoms with Crippen LogP contribution in [0.2, 0.25) is 0 Å². The van der Waals surface area contributed by atoms with Crippen LogP contribution in [0.25, 0.3) is 22.4 Å². The van der Waals surface area contributed by atoms with Crippen molar-refractivity contribution in [1.29, 1.82) is 0 Å². The number of hydrogen-bond donors (Lipinski definition) is 2. The van der Waals surface area contributed by atoms with Gasteiger partial charge in [0.15, 0.2) is 0 Å². The van der Waals surface area contributed by atoms with Gasteiger partial charge in [0.2, 0.25) is 5.91 Å². The molecule has 4 rings (SSSR count). The average molecular weight is 453 g/mol. The Bertz CT molecular complexity index is 1050. The Balaban J connectivity index is 0.00000160. The molecular weight excluding hydrogens is 426 g/mol. The molecule has 1 unspecified atom stereocenters. The third-order valence-corrected chi connectivity index (χ3v) is 5.29. The third-order valence-electron chi connectivity index (χ3n) is 5.29. The van der Waals surface area contributed by atoms with E-state index in [0.717, 1.165) is 53.1 Å². The van der Waals surface area contributed by atoms with Gasteiger partial charge in [0, 0.05) is 17.3 Å². The number of hydrogen-bond acceptors (Lipinski definition) is 3. The lowest BCUT2D eigenvalue weighted by Gasteiger charge is -2.16. The van der Waals surface area contributed by atoms with E-state index in [1.165, 1.54) is 12.1 Å². The van der Waals surface area contributed by atoms with Crippen LogP contribution < -0.4 is 10.6 Å². The van der Waals surface area contributed by atoms with Gasteiger partial charge < -0.3 is 15.2 Å². The van der Waals surface area contributed by atoms with E-state index in [4.69, 9.17) is 4.98 Å². The van der Waals surface area contributed by atoms with Crippen LogP contribution in [-0.2, 0) is 4.79 Å². The predicted molar refractivity (Wildman–Crippen MR) is 124 cm³/mol. The maximum atomic E-state index is 13.8. The van der Waals surface area contributed by atoms with E-state index in [0.29, 0.717) is 0 Å². The molecule has 0 saturated carbocycles. The predicted octanol–water partition coefficient (Wildman–Crippen LogP) is 5.27. The van der Waals surface area contributed by atoms with Crippen molar-refractivity contribution in [3.8, 4) is 11.4 Å². The maximum absolute atomic E-state index is 13.8. The maximum Gasteiger partial charge on any atom is 0.241 e. The highest BCUT2D eigenvalue weighted by Crippen LogP contribution is 2.31. The zero-order valence-corrected chi connectivity index (χ0v) is 18.9. The normalized spacial score (nSPS) is 15.7. The highest BCUT2D eigenvalue weighted by molar-refractivity contribution is 5.96. The largest absolute Gasteiger partial charge is 0.324 e. The number of aromatic nitrogens is 2. The van der Waals surface area contributed by atoms with E-state index in [1.54, 1.807) is 6.07 Å². The summed E-state index contributed by atoms with van der Waals surface area (Å²) in [6, 6.07) is 10.6. The topological polar surface area (TPSA) is 59.0 Å². The number of anilines is 1. The molecule has 1 atom stereocenters. The number of rotatable bonds is 4. The molecule has 1 aliphatic rings. The first-order chi connectivity index (χ1) is 13.4. The second-order valence-electron chi connectivity index (χ2n) is 7.70. The summed E-state index contributed by atoms with van der Waals surface area (Å²) in [5.41, 5.74) is 4.28. The SMILES string of the molecule is Cc1cc(-c2nc3ccc(F)cc3n2C(C)C)ccc1NC(=O)C1CCCN1.Cl.Cl. The van der Waals surface area contributed by atoms with E-state index in [1.807, 2.05) is 29.7 Å². The van der Waals surface area contributed by atoms with Crippen molar-refractivity contribution in [2.45, 2.75) is 45.7 Å². The quantitative estimate of drug-likeness (QED) is 0.566. The molecule has 2 N–H and O–H groups in total. The van der Waals surface area contributed by atoms with Crippen LogP contribution in [-0.4, -0.2) is 28.0 Å². The van der Waals surface area contributed by atoms with E-state index < -0.39 is 0 Å². The zero-order valence-electron chi connectivity index (χ0n) is 17.2. The summed E-state index contributed by atoms with van der Waals surface area (Å²) in [4.78, 5) is 17.1. The van der Waals surface area contributed by atoms with Crippen molar-refractivity contribution in [2.75, 3.05) is 11.9 Å². The minimum absolute atomic E-state index is 0. The molecule has 5 nitrogen and oxygen atoms in total. The molecule has 30 heavy (non-hydrogen) atoms. The number of nitrogens with zero attached hydrogens (tertiary/aromatic N) is 2. The average Bonchev–Trinajstić information content (AvgIpc) is 3.30. The van der Waals surface area contributed by atoms with Gasteiger partial charge in [0.1, 0.15) is 11.6 Å². The number of fused-ring (bicyclic) bond motifs is 1. The Morgan fingerprint density at radius 2 is 2.00 bits per heavy atom. The molecule has 1 saturated heterocycles. The van der Waals surface area contributed by atoms with Crippen molar-refractivity contribution in [2.24, 2.45) is 0 Å². The minimum Gasteiger partial charge on any atom is -0.324 e. The summed E-state index contributed by atoms with van der Waals surface area (Å²) in [6.07, 6.45) is 1.90. The van der Waals surface area contributed by atoms with Gasteiger partial charge in [-0.2, -0.15) is 0 Å². The van der Waals surface area contributed by atoms with Crippen LogP contribution in [0.1, 0.15) is 38.3 Å². The summed E-state index contributed by atoms with van der Waals surface area (Å²) in [6.45, 7) is 6.99. The first-order valence-corrected chi connectivity index (χ1v) is 9.77. The van der Waals surface area contributed by atoms with Crippen LogP contribution in [0.3, 0.4) is 0 Å². The van der Waals surface area contributed by atoms with Crippen molar-refractivity contribution < 1.29 is 9.18 Å². The molecule has 8 heteroatoms. The number of amides is 1. The van der Waals surface area contributed by atoms with Gasteiger partial charge in [-0.3, -0.25) is 4.79 Å². The van der Waals surface area contributed by atoms with Gasteiger partial charge in [0.05, 0.1) is 17.1 Å². The number of halogens is 3. The van der Waals surface area contributed by atoms with Crippen molar-refractivity contribution in [3.05, 3.63) is 47.8 Å². The fourth-order valence-electron chi connectivity index (χ4n) is 3.86. The van der Waals surface area contributed by atoms with Crippen LogP contribution in [0.4, 0.5) is 10.1 Å². The zero-order chi connectivity index (χ0) is 19.8. The highest BCUT2D eigenvalue weighted by atomic mass is 35.5. The van der Waals surface area contributed by atoms with Gasteiger partial charge in [-0.05, 0) is 82.1 Å². The monoisotopic (exact) mass is 452 g/mol. The Hall–Kier alpha value is -2.15. The van der Waals surface area contributed by atoms with Gasteiger partial charge in [-0.15, -0.1) is 24.8 Å². The molecule has 0 spiro atoms. The Morgan fingerprint density at radius 1 is 1.23 bits per heavy atom. The number of aryl methyl sites for hydroxylation is 1. The van der Waals surface area contributed by atoms with E-state index >= 15 is 0 Å². The van der Waals surface area contributed by atoms with Gasteiger partial charge >= 0.3 is 0 Å². The standard InChI is InChI=1S/C22H25FN4O.2ClH/c1-13(2)27-20-12-16(23)7-9-18(20)25-21(27)15-6-8-17(14(3)11-15)26-22(28)19-5-4-10-24-19;;/h6-9,11-13,19,24H,4-5,10H2,1-3H3,(H,26,28);2*1H. The lowest BCUT2D eigenvalue weighted by atomic mass is 10.1. The molecule has 2 aromatic carbocycles. The Kier molecular flexibility index (Phi) is 7.86. The molecular formula is C22H27Cl2FN4O. The Labute approximate surface area is 188 Å². The number of carbonyl (C=O) groups excluding carboxylic acids is 1. The molecule has 1 aliphatic heterocycles. The smallest absolute Gasteiger partial charge is 0.241 e. The highest BCUT2D eigenvalue weighted by Gasteiger charge is 2.22. The molecule has 1 fully saturated rings. The first-order valence-electron chi connectivity index (χ1n) is 9.77. The van der Waals surface area contributed by atoms with E-state index in [9.17, 15) is 9.18 Å². The van der Waals surface area contributed by atoms with E-state index in [-0.39, 0.29) is 48.6 Å². The first kappa shape index (κ1) is 24.1. The second kappa shape index (κ2) is 9.77. The summed E-state index contributed by atoms with van der Waals surface area (Å²) in [5.74, 6) is 0.544. The van der Waals surface area contributed by atoms with Crippen LogP contribution >= 0.6 is 24.8 Å². The molecule has 162 valence electrons. The molecule has 2 heterocycles. The summed E-state index contributed by atoms with van der Waals surface area (Å²) >= 11 is 0. The van der Waals surface area contributed by atoms with Gasteiger partial charge in [-0.25, -0.2) is 9.37 Å².